The summed E-state index contributed by atoms with van der Waals surface area (Å²) in [4.78, 5) is 0. The fraction of sp³-hybridized carbons (Fsp3) is 0. The molecule has 0 N–H and O–H groups in total. The first-order valence-electron chi connectivity index (χ1n) is 8.30. The minimum Gasteiger partial charge on any atom is -0.0616 e. The topological polar surface area (TPSA) is 0 Å². The van der Waals surface area contributed by atoms with E-state index in [0.29, 0.717) is 0 Å². The molecule has 0 heterocycles. The maximum Gasteiger partial charge on any atom is -0.00928 e. The van der Waals surface area contributed by atoms with Crippen molar-refractivity contribution in [2.45, 2.75) is 0 Å². The second-order valence-corrected chi connectivity index (χ2v) is 6.25. The molecule has 4 aromatic carbocycles. The highest BCUT2D eigenvalue weighted by Crippen LogP contribution is 2.40. The molecule has 112 valence electrons. The van der Waals surface area contributed by atoms with Crippen LogP contribution in [0.25, 0.3) is 45.2 Å². The normalized spacial score (nSPS) is 13.3. The van der Waals surface area contributed by atoms with E-state index in [0.717, 1.165) is 0 Å². The summed E-state index contributed by atoms with van der Waals surface area (Å²) in [5, 5.41) is 2.57. The maximum atomic E-state index is 2.33. The molecule has 5 rings (SSSR count). The van der Waals surface area contributed by atoms with Crippen molar-refractivity contribution in [1.82, 2.24) is 0 Å². The first kappa shape index (κ1) is 13.3. The lowest BCUT2D eigenvalue weighted by Gasteiger charge is -2.18. The third-order valence-corrected chi connectivity index (χ3v) is 4.83. The van der Waals surface area contributed by atoms with Crippen molar-refractivity contribution in [3.05, 3.63) is 96.1 Å². The highest BCUT2D eigenvalue weighted by Gasteiger charge is 2.15. The number of benzene rings is 4. The zero-order valence-electron chi connectivity index (χ0n) is 13.2. The predicted molar refractivity (Wildman–Crippen MR) is 104 cm³/mol. The van der Waals surface area contributed by atoms with Gasteiger partial charge in [0.05, 0.1) is 0 Å². The fourth-order valence-electron chi connectivity index (χ4n) is 3.64. The number of hydrogen-bond donors (Lipinski definition) is 0. The molecule has 0 atom stereocenters. The summed E-state index contributed by atoms with van der Waals surface area (Å²) in [5.74, 6) is 0. The second-order valence-electron chi connectivity index (χ2n) is 6.25. The number of rotatable bonds is 0. The van der Waals surface area contributed by atoms with Crippen LogP contribution < -0.4 is 0 Å². The van der Waals surface area contributed by atoms with Gasteiger partial charge in [-0.05, 0) is 56.3 Å². The molecule has 0 aromatic heterocycles. The van der Waals surface area contributed by atoms with Crippen LogP contribution in [-0.4, -0.2) is 0 Å². The highest BCUT2D eigenvalue weighted by atomic mass is 14.2. The van der Waals surface area contributed by atoms with Gasteiger partial charge in [0.15, 0.2) is 0 Å². The molecule has 4 aromatic rings. The van der Waals surface area contributed by atoms with E-state index in [1.165, 1.54) is 44.2 Å². The lowest BCUT2D eigenvalue weighted by atomic mass is 9.85. The molecule has 1 aliphatic carbocycles. The Kier molecular flexibility index (Phi) is 2.89. The van der Waals surface area contributed by atoms with E-state index in [2.05, 4.69) is 97.1 Å². The molecule has 24 heavy (non-hydrogen) atoms. The van der Waals surface area contributed by atoms with Gasteiger partial charge in [-0.25, -0.2) is 0 Å². The van der Waals surface area contributed by atoms with E-state index in [9.17, 15) is 0 Å². The van der Waals surface area contributed by atoms with Crippen molar-refractivity contribution in [2.75, 3.05) is 0 Å². The van der Waals surface area contributed by atoms with Crippen molar-refractivity contribution in [2.24, 2.45) is 0 Å². The Labute approximate surface area is 141 Å². The van der Waals surface area contributed by atoms with Crippen molar-refractivity contribution in [3.8, 4) is 22.3 Å². The first-order valence-corrected chi connectivity index (χ1v) is 8.30. The second kappa shape index (κ2) is 5.21. The maximum absolute atomic E-state index is 2.33. The molecule has 0 saturated carbocycles. The van der Waals surface area contributed by atoms with Gasteiger partial charge >= 0.3 is 0 Å². The molecule has 1 aliphatic rings. The van der Waals surface area contributed by atoms with Gasteiger partial charge in [-0.3, -0.25) is 0 Å². The average Bonchev–Trinajstić information content (AvgIpc) is 2.64. The molecule has 0 radical (unpaired) electrons. The van der Waals surface area contributed by atoms with E-state index in [1.54, 1.807) is 0 Å². The Morgan fingerprint density at radius 3 is 1.29 bits per heavy atom. The molecule has 0 heteroatoms. The van der Waals surface area contributed by atoms with Crippen LogP contribution in [0.5, 0.6) is 0 Å². The van der Waals surface area contributed by atoms with Gasteiger partial charge in [0, 0.05) is 0 Å². The molecule has 0 spiro atoms. The Morgan fingerprint density at radius 1 is 0.375 bits per heavy atom. The van der Waals surface area contributed by atoms with Crippen LogP contribution >= 0.6 is 0 Å². The third-order valence-electron chi connectivity index (χ3n) is 4.83. The van der Waals surface area contributed by atoms with Crippen LogP contribution in [0.4, 0.5) is 0 Å². The lowest BCUT2D eigenvalue weighted by Crippen LogP contribution is -1.93. The predicted octanol–water partition coefficient (Wildman–Crippen LogP) is 6.66. The molecule has 0 fully saturated rings. The number of fused-ring (bicyclic) bond motifs is 6. The molecular weight excluding hydrogens is 288 g/mol. The molecule has 0 saturated heterocycles. The van der Waals surface area contributed by atoms with Crippen LogP contribution in [0.15, 0.2) is 84.9 Å². The standard InChI is InChI=1S/C24H16/c1-2-10-20-16-24-22-12-6-4-8-18(22)14-13-17-7-3-5-11-21(17)23(24)15-19(20)9-1/h1-16H/b14-13-,17-13?,18-14?,23-21?,24-22?. The van der Waals surface area contributed by atoms with Crippen molar-refractivity contribution >= 4 is 22.9 Å². The van der Waals surface area contributed by atoms with Gasteiger partial charge < -0.3 is 0 Å². The molecule has 0 unspecified atom stereocenters. The minimum atomic E-state index is 1.27. The number of hydrogen-bond acceptors (Lipinski definition) is 0. The van der Waals surface area contributed by atoms with Crippen LogP contribution in [-0.2, 0) is 0 Å². The van der Waals surface area contributed by atoms with Crippen molar-refractivity contribution in [1.29, 1.82) is 0 Å². The first-order chi connectivity index (χ1) is 11.9. The van der Waals surface area contributed by atoms with Gasteiger partial charge in [0.1, 0.15) is 0 Å². The molecule has 0 bridgehead atoms. The average molecular weight is 304 g/mol. The van der Waals surface area contributed by atoms with Gasteiger partial charge in [-0.2, -0.15) is 0 Å². The molecule has 0 aliphatic heterocycles. The van der Waals surface area contributed by atoms with Crippen LogP contribution in [0.1, 0.15) is 11.1 Å². The van der Waals surface area contributed by atoms with E-state index in [1.807, 2.05) is 0 Å². The molecule has 0 nitrogen and oxygen atoms in total. The van der Waals surface area contributed by atoms with Crippen molar-refractivity contribution in [3.63, 3.8) is 0 Å². The summed E-state index contributed by atoms with van der Waals surface area (Å²) in [6.07, 6.45) is 4.46. The Bertz CT molecular complexity index is 1010. The van der Waals surface area contributed by atoms with Crippen LogP contribution in [0.3, 0.4) is 0 Å². The summed E-state index contributed by atoms with van der Waals surface area (Å²) in [6.45, 7) is 0. The van der Waals surface area contributed by atoms with Crippen molar-refractivity contribution < 1.29 is 0 Å². The summed E-state index contributed by atoms with van der Waals surface area (Å²) in [5.41, 5.74) is 7.74. The minimum absolute atomic E-state index is 1.27. The Balaban J connectivity index is 1.96. The summed E-state index contributed by atoms with van der Waals surface area (Å²) >= 11 is 0. The monoisotopic (exact) mass is 304 g/mol. The van der Waals surface area contributed by atoms with Gasteiger partial charge in [-0.15, -0.1) is 0 Å². The fourth-order valence-corrected chi connectivity index (χ4v) is 3.64. The summed E-state index contributed by atoms with van der Waals surface area (Å²) < 4.78 is 0. The lowest BCUT2D eigenvalue weighted by molar-refractivity contribution is 1.56. The SMILES string of the molecule is C1=C\c2ccccc2-c2cc3ccccc3cc2-c2ccccc2/1. The van der Waals surface area contributed by atoms with E-state index < -0.39 is 0 Å². The van der Waals surface area contributed by atoms with Gasteiger partial charge in [-0.1, -0.05) is 84.9 Å². The smallest absolute Gasteiger partial charge is 0.00928 e. The summed E-state index contributed by atoms with van der Waals surface area (Å²) in [6, 6.07) is 30.6. The third kappa shape index (κ3) is 2.00. The van der Waals surface area contributed by atoms with E-state index in [4.69, 9.17) is 0 Å². The quantitative estimate of drug-likeness (QED) is 0.300. The zero-order valence-corrected chi connectivity index (χ0v) is 13.2. The van der Waals surface area contributed by atoms with Crippen LogP contribution in [0.2, 0.25) is 0 Å². The summed E-state index contributed by atoms with van der Waals surface area (Å²) in [7, 11) is 0. The Morgan fingerprint density at radius 2 is 0.792 bits per heavy atom. The van der Waals surface area contributed by atoms with Gasteiger partial charge in [0.2, 0.25) is 0 Å². The zero-order chi connectivity index (χ0) is 15.9. The van der Waals surface area contributed by atoms with E-state index in [-0.39, 0.29) is 0 Å². The Hall–Kier alpha value is -3.12. The molecule has 0 amide bonds. The highest BCUT2D eigenvalue weighted by molar-refractivity contribution is 6.01. The van der Waals surface area contributed by atoms with Crippen LogP contribution in [0, 0.1) is 0 Å². The largest absolute Gasteiger partial charge is 0.0616 e. The molecular formula is C24H16. The van der Waals surface area contributed by atoms with E-state index >= 15 is 0 Å². The van der Waals surface area contributed by atoms with Gasteiger partial charge in [0.25, 0.3) is 0 Å².